The fourth-order valence-corrected chi connectivity index (χ4v) is 2.82. The molecule has 130 valence electrons. The first-order chi connectivity index (χ1) is 11.4. The largest absolute Gasteiger partial charge is 0.481 e. The zero-order valence-electron chi connectivity index (χ0n) is 13.6. The van der Waals surface area contributed by atoms with Gasteiger partial charge in [0.1, 0.15) is 5.82 Å². The van der Waals surface area contributed by atoms with Gasteiger partial charge in [-0.05, 0) is 37.1 Å². The van der Waals surface area contributed by atoms with Crippen molar-refractivity contribution in [2.45, 2.75) is 19.3 Å². The van der Waals surface area contributed by atoms with E-state index < -0.39 is 11.8 Å². The monoisotopic (exact) mass is 336 g/mol. The molecule has 24 heavy (non-hydrogen) atoms. The number of likely N-dealkylation sites (tertiary alicyclic amines) is 1. The first kappa shape index (κ1) is 17.9. The molecule has 2 amide bonds. The molecule has 1 aliphatic heterocycles. The Morgan fingerprint density at radius 3 is 2.58 bits per heavy atom. The zero-order valence-corrected chi connectivity index (χ0v) is 13.6. The number of carbonyl (C=O) groups is 3. The van der Waals surface area contributed by atoms with Gasteiger partial charge >= 0.3 is 5.97 Å². The van der Waals surface area contributed by atoms with Crippen LogP contribution in [0.15, 0.2) is 24.3 Å². The SMILES string of the molecule is CN(CCC(=O)O)C(=O)C1CCCN(C(=O)c2ccc(F)cc2)C1. The van der Waals surface area contributed by atoms with Gasteiger partial charge in [-0.25, -0.2) is 4.39 Å². The van der Waals surface area contributed by atoms with Crippen LogP contribution in [0.4, 0.5) is 4.39 Å². The number of aliphatic carboxylic acids is 1. The van der Waals surface area contributed by atoms with Crippen molar-refractivity contribution < 1.29 is 23.9 Å². The predicted molar refractivity (Wildman–Crippen MR) is 84.9 cm³/mol. The molecule has 0 aromatic heterocycles. The van der Waals surface area contributed by atoms with Crippen LogP contribution in [0.5, 0.6) is 0 Å². The van der Waals surface area contributed by atoms with Gasteiger partial charge in [0.05, 0.1) is 12.3 Å². The zero-order chi connectivity index (χ0) is 17.7. The van der Waals surface area contributed by atoms with Crippen LogP contribution in [-0.2, 0) is 9.59 Å². The Kier molecular flexibility index (Phi) is 5.89. The van der Waals surface area contributed by atoms with Gasteiger partial charge in [0.15, 0.2) is 0 Å². The minimum atomic E-state index is -0.952. The van der Waals surface area contributed by atoms with E-state index in [1.165, 1.54) is 29.2 Å². The molecule has 0 aliphatic carbocycles. The summed E-state index contributed by atoms with van der Waals surface area (Å²) in [6, 6.07) is 5.34. The Morgan fingerprint density at radius 1 is 1.29 bits per heavy atom. The summed E-state index contributed by atoms with van der Waals surface area (Å²) in [7, 11) is 1.58. The topological polar surface area (TPSA) is 77.9 Å². The number of carboxylic acids is 1. The summed E-state index contributed by atoms with van der Waals surface area (Å²) in [5.41, 5.74) is 0.392. The van der Waals surface area contributed by atoms with Crippen LogP contribution in [0.2, 0.25) is 0 Å². The smallest absolute Gasteiger partial charge is 0.305 e. The van der Waals surface area contributed by atoms with Gasteiger partial charge in [-0.15, -0.1) is 0 Å². The molecule has 1 atom stereocenters. The Labute approximate surface area is 139 Å². The number of benzene rings is 1. The third-order valence-electron chi connectivity index (χ3n) is 4.19. The number of hydrogen-bond donors (Lipinski definition) is 1. The van der Waals surface area contributed by atoms with E-state index in [1.54, 1.807) is 11.9 Å². The van der Waals surface area contributed by atoms with Gasteiger partial charge in [0, 0.05) is 32.2 Å². The maximum atomic E-state index is 13.0. The minimum absolute atomic E-state index is 0.104. The van der Waals surface area contributed by atoms with Crippen molar-refractivity contribution in [2.75, 3.05) is 26.7 Å². The maximum Gasteiger partial charge on any atom is 0.305 e. The molecule has 1 aromatic rings. The molecule has 0 saturated carbocycles. The molecule has 0 spiro atoms. The first-order valence-corrected chi connectivity index (χ1v) is 7.90. The normalized spacial score (nSPS) is 17.4. The Morgan fingerprint density at radius 2 is 1.96 bits per heavy atom. The van der Waals surface area contributed by atoms with Crippen LogP contribution in [0.1, 0.15) is 29.6 Å². The van der Waals surface area contributed by atoms with E-state index in [4.69, 9.17) is 5.11 Å². The standard InChI is InChI=1S/C17H21FN2O4/c1-19(10-8-15(21)22)16(23)13-3-2-9-20(11-13)17(24)12-4-6-14(18)7-5-12/h4-7,13H,2-3,8-11H2,1H3,(H,21,22). The van der Waals surface area contributed by atoms with Crippen LogP contribution in [0.3, 0.4) is 0 Å². The highest BCUT2D eigenvalue weighted by atomic mass is 19.1. The van der Waals surface area contributed by atoms with Gasteiger partial charge in [-0.1, -0.05) is 0 Å². The minimum Gasteiger partial charge on any atom is -0.481 e. The molecule has 1 saturated heterocycles. The molecular weight excluding hydrogens is 315 g/mol. The molecule has 1 N–H and O–H groups in total. The van der Waals surface area contributed by atoms with Crippen molar-refractivity contribution >= 4 is 17.8 Å². The van der Waals surface area contributed by atoms with E-state index in [0.29, 0.717) is 31.5 Å². The summed E-state index contributed by atoms with van der Waals surface area (Å²) in [4.78, 5) is 38.5. The first-order valence-electron chi connectivity index (χ1n) is 7.90. The molecule has 6 nitrogen and oxygen atoms in total. The second-order valence-electron chi connectivity index (χ2n) is 6.00. The summed E-state index contributed by atoms with van der Waals surface area (Å²) < 4.78 is 13.0. The highest BCUT2D eigenvalue weighted by Crippen LogP contribution is 2.20. The molecule has 0 radical (unpaired) electrons. The number of rotatable bonds is 5. The lowest BCUT2D eigenvalue weighted by Gasteiger charge is -2.34. The molecule has 1 fully saturated rings. The lowest BCUT2D eigenvalue weighted by molar-refractivity contribution is -0.139. The summed E-state index contributed by atoms with van der Waals surface area (Å²) in [5, 5.41) is 8.70. The lowest BCUT2D eigenvalue weighted by atomic mass is 9.96. The summed E-state index contributed by atoms with van der Waals surface area (Å²) in [5.74, 6) is -2.06. The van der Waals surface area contributed by atoms with Crippen LogP contribution in [0.25, 0.3) is 0 Å². The molecule has 1 aromatic carbocycles. The van der Waals surface area contributed by atoms with Gasteiger partial charge < -0.3 is 14.9 Å². The predicted octanol–water partition coefficient (Wildman–Crippen LogP) is 1.61. The molecule has 0 bridgehead atoms. The Hall–Kier alpha value is -2.44. The van der Waals surface area contributed by atoms with Gasteiger partial charge in [-0.2, -0.15) is 0 Å². The quantitative estimate of drug-likeness (QED) is 0.886. The number of carbonyl (C=O) groups excluding carboxylic acids is 2. The number of amides is 2. The third-order valence-corrected chi connectivity index (χ3v) is 4.19. The van der Waals surface area contributed by atoms with Gasteiger partial charge in [0.2, 0.25) is 5.91 Å². The summed E-state index contributed by atoms with van der Waals surface area (Å²) in [6.45, 7) is 1.00. The molecule has 7 heteroatoms. The van der Waals surface area contributed by atoms with Crippen molar-refractivity contribution in [1.29, 1.82) is 0 Å². The summed E-state index contributed by atoms with van der Waals surface area (Å²) in [6.07, 6.45) is 1.27. The van der Waals surface area contributed by atoms with Crippen molar-refractivity contribution in [3.05, 3.63) is 35.6 Å². The highest BCUT2D eigenvalue weighted by Gasteiger charge is 2.30. The van der Waals surface area contributed by atoms with E-state index in [1.807, 2.05) is 0 Å². The van der Waals surface area contributed by atoms with Crippen LogP contribution in [-0.4, -0.2) is 59.4 Å². The number of hydrogen-bond acceptors (Lipinski definition) is 3. The average Bonchev–Trinajstić information content (AvgIpc) is 2.59. The maximum absolute atomic E-state index is 13.0. The highest BCUT2D eigenvalue weighted by molar-refractivity contribution is 5.94. The Balaban J connectivity index is 1.97. The van der Waals surface area contributed by atoms with Crippen LogP contribution in [0, 0.1) is 11.7 Å². The molecule has 1 heterocycles. The molecule has 2 rings (SSSR count). The van der Waals surface area contributed by atoms with E-state index in [9.17, 15) is 18.8 Å². The van der Waals surface area contributed by atoms with E-state index >= 15 is 0 Å². The fourth-order valence-electron chi connectivity index (χ4n) is 2.82. The second-order valence-corrected chi connectivity index (χ2v) is 6.00. The second kappa shape index (κ2) is 7.90. The van der Waals surface area contributed by atoms with E-state index in [-0.39, 0.29) is 30.7 Å². The molecular formula is C17H21FN2O4. The van der Waals surface area contributed by atoms with Crippen molar-refractivity contribution in [3.8, 4) is 0 Å². The van der Waals surface area contributed by atoms with Gasteiger partial charge in [0.25, 0.3) is 5.91 Å². The van der Waals surface area contributed by atoms with E-state index in [0.717, 1.165) is 0 Å². The lowest BCUT2D eigenvalue weighted by Crippen LogP contribution is -2.46. The van der Waals surface area contributed by atoms with Crippen molar-refractivity contribution in [2.24, 2.45) is 5.92 Å². The number of halogens is 1. The average molecular weight is 336 g/mol. The molecule has 1 unspecified atom stereocenters. The third kappa shape index (κ3) is 4.53. The molecule has 1 aliphatic rings. The van der Waals surface area contributed by atoms with Gasteiger partial charge in [-0.3, -0.25) is 14.4 Å². The van der Waals surface area contributed by atoms with Crippen LogP contribution >= 0.6 is 0 Å². The summed E-state index contributed by atoms with van der Waals surface area (Å²) >= 11 is 0. The van der Waals surface area contributed by atoms with Crippen molar-refractivity contribution in [3.63, 3.8) is 0 Å². The van der Waals surface area contributed by atoms with Crippen molar-refractivity contribution in [1.82, 2.24) is 9.80 Å². The number of nitrogens with zero attached hydrogens (tertiary/aromatic N) is 2. The van der Waals surface area contributed by atoms with E-state index in [2.05, 4.69) is 0 Å². The fraction of sp³-hybridized carbons (Fsp3) is 0.471. The number of carboxylic acid groups (broad SMARTS) is 1. The Bertz CT molecular complexity index is 618. The van der Waals surface area contributed by atoms with Crippen LogP contribution < -0.4 is 0 Å². The number of piperidine rings is 1.